The molecule has 0 spiro atoms. The van der Waals surface area contributed by atoms with Gasteiger partial charge >= 0.3 is 0 Å². The number of hydrogen-bond acceptors (Lipinski definition) is 2. The number of aliphatic hydroxyl groups is 1. The Morgan fingerprint density at radius 1 is 1.15 bits per heavy atom. The molecule has 0 radical (unpaired) electrons. The van der Waals surface area contributed by atoms with Crippen LogP contribution in [-0.4, -0.2) is 11.0 Å². The molecule has 0 aliphatic carbocycles. The van der Waals surface area contributed by atoms with E-state index in [-0.39, 0.29) is 5.91 Å². The molecule has 0 aliphatic heterocycles. The fourth-order valence-electron chi connectivity index (χ4n) is 1.84. The highest BCUT2D eigenvalue weighted by Gasteiger charge is 2.05. The summed E-state index contributed by atoms with van der Waals surface area (Å²) in [5.41, 5.74) is 2.45. The van der Waals surface area contributed by atoms with Crippen molar-refractivity contribution in [3.05, 3.63) is 64.7 Å². The Labute approximate surface area is 123 Å². The minimum Gasteiger partial charge on any atom is -0.389 e. The molecule has 0 saturated heterocycles. The number of amides is 1. The standard InChI is InChI=1S/C16H16ClNO2/c1-11(19)13-4-8-15(9-5-13)18-16(20)10-12-2-6-14(17)7-3-12/h2-9,11,19H,10H2,1H3,(H,18,20)/t11-/m0/s1. The first-order valence-electron chi connectivity index (χ1n) is 6.37. The van der Waals surface area contributed by atoms with Crippen LogP contribution in [0.2, 0.25) is 5.02 Å². The molecule has 2 aromatic rings. The molecule has 20 heavy (non-hydrogen) atoms. The first-order chi connectivity index (χ1) is 9.54. The summed E-state index contributed by atoms with van der Waals surface area (Å²) < 4.78 is 0. The van der Waals surface area contributed by atoms with E-state index in [1.54, 1.807) is 43.3 Å². The molecule has 0 fully saturated rings. The summed E-state index contributed by atoms with van der Waals surface area (Å²) >= 11 is 5.80. The summed E-state index contributed by atoms with van der Waals surface area (Å²) in [4.78, 5) is 11.9. The third-order valence-corrected chi connectivity index (χ3v) is 3.21. The van der Waals surface area contributed by atoms with Gasteiger partial charge in [-0.1, -0.05) is 35.9 Å². The molecular formula is C16H16ClNO2. The summed E-state index contributed by atoms with van der Waals surface area (Å²) in [5.74, 6) is -0.0860. The summed E-state index contributed by atoms with van der Waals surface area (Å²) in [5, 5.41) is 12.9. The van der Waals surface area contributed by atoms with Crippen LogP contribution in [0, 0.1) is 0 Å². The zero-order valence-electron chi connectivity index (χ0n) is 11.1. The smallest absolute Gasteiger partial charge is 0.228 e. The molecule has 2 N–H and O–H groups in total. The van der Waals surface area contributed by atoms with Gasteiger partial charge in [0, 0.05) is 10.7 Å². The van der Waals surface area contributed by atoms with Crippen LogP contribution in [0.15, 0.2) is 48.5 Å². The Morgan fingerprint density at radius 2 is 1.75 bits per heavy atom. The Kier molecular flexibility index (Phi) is 4.77. The van der Waals surface area contributed by atoms with E-state index in [9.17, 15) is 9.90 Å². The first-order valence-corrected chi connectivity index (χ1v) is 6.75. The van der Waals surface area contributed by atoms with E-state index in [2.05, 4.69) is 5.32 Å². The lowest BCUT2D eigenvalue weighted by Gasteiger charge is -2.08. The van der Waals surface area contributed by atoms with Crippen molar-refractivity contribution in [3.8, 4) is 0 Å². The van der Waals surface area contributed by atoms with Gasteiger partial charge in [0.2, 0.25) is 5.91 Å². The second-order valence-electron chi connectivity index (χ2n) is 4.65. The van der Waals surface area contributed by atoms with Gasteiger partial charge in [-0.15, -0.1) is 0 Å². The van der Waals surface area contributed by atoms with E-state index in [4.69, 9.17) is 11.6 Å². The molecule has 4 heteroatoms. The molecule has 0 aliphatic rings. The van der Waals surface area contributed by atoms with E-state index in [0.717, 1.165) is 11.1 Å². The van der Waals surface area contributed by atoms with Crippen LogP contribution in [0.4, 0.5) is 5.69 Å². The minimum atomic E-state index is -0.506. The van der Waals surface area contributed by atoms with Crippen LogP contribution in [0.25, 0.3) is 0 Å². The SMILES string of the molecule is C[C@H](O)c1ccc(NC(=O)Cc2ccc(Cl)cc2)cc1. The van der Waals surface area contributed by atoms with Gasteiger partial charge in [-0.2, -0.15) is 0 Å². The van der Waals surface area contributed by atoms with Crippen LogP contribution in [0.1, 0.15) is 24.2 Å². The van der Waals surface area contributed by atoms with E-state index >= 15 is 0 Å². The van der Waals surface area contributed by atoms with Crippen LogP contribution >= 0.6 is 11.6 Å². The highest BCUT2D eigenvalue weighted by molar-refractivity contribution is 6.30. The van der Waals surface area contributed by atoms with Gasteiger partial charge in [0.1, 0.15) is 0 Å². The Morgan fingerprint density at radius 3 is 2.30 bits per heavy atom. The van der Waals surface area contributed by atoms with Gasteiger partial charge in [0.05, 0.1) is 12.5 Å². The van der Waals surface area contributed by atoms with E-state index < -0.39 is 6.10 Å². The molecule has 104 valence electrons. The van der Waals surface area contributed by atoms with Crippen molar-refractivity contribution >= 4 is 23.2 Å². The molecule has 0 unspecified atom stereocenters. The fraction of sp³-hybridized carbons (Fsp3) is 0.188. The van der Waals surface area contributed by atoms with Crippen molar-refractivity contribution in [1.82, 2.24) is 0 Å². The van der Waals surface area contributed by atoms with E-state index in [0.29, 0.717) is 17.1 Å². The maximum atomic E-state index is 11.9. The normalized spacial score (nSPS) is 11.9. The number of benzene rings is 2. The lowest BCUT2D eigenvalue weighted by atomic mass is 10.1. The predicted molar refractivity (Wildman–Crippen MR) is 80.9 cm³/mol. The zero-order valence-corrected chi connectivity index (χ0v) is 11.9. The summed E-state index contributed by atoms with van der Waals surface area (Å²) in [7, 11) is 0. The number of hydrogen-bond donors (Lipinski definition) is 2. The zero-order chi connectivity index (χ0) is 14.5. The highest BCUT2D eigenvalue weighted by Crippen LogP contribution is 2.16. The van der Waals surface area contributed by atoms with Crippen LogP contribution in [0.3, 0.4) is 0 Å². The average Bonchev–Trinajstić information content (AvgIpc) is 2.42. The maximum absolute atomic E-state index is 11.9. The number of halogens is 1. The average molecular weight is 290 g/mol. The molecular weight excluding hydrogens is 274 g/mol. The molecule has 0 aromatic heterocycles. The number of carbonyl (C=O) groups excluding carboxylic acids is 1. The summed E-state index contributed by atoms with van der Waals surface area (Å²) in [6.07, 6.45) is -0.205. The lowest BCUT2D eigenvalue weighted by molar-refractivity contribution is -0.115. The van der Waals surface area contributed by atoms with Gasteiger partial charge in [-0.3, -0.25) is 4.79 Å². The Bertz CT molecular complexity index is 576. The van der Waals surface area contributed by atoms with Crippen LogP contribution < -0.4 is 5.32 Å². The third-order valence-electron chi connectivity index (χ3n) is 2.95. The molecule has 2 aromatic carbocycles. The van der Waals surface area contributed by atoms with Gasteiger partial charge in [-0.25, -0.2) is 0 Å². The van der Waals surface area contributed by atoms with Crippen molar-refractivity contribution in [2.45, 2.75) is 19.4 Å². The van der Waals surface area contributed by atoms with Crippen molar-refractivity contribution < 1.29 is 9.90 Å². The van der Waals surface area contributed by atoms with Gasteiger partial charge in [0.15, 0.2) is 0 Å². The van der Waals surface area contributed by atoms with Crippen LogP contribution in [0.5, 0.6) is 0 Å². The lowest BCUT2D eigenvalue weighted by Crippen LogP contribution is -2.14. The number of aliphatic hydroxyl groups excluding tert-OH is 1. The molecule has 0 saturated carbocycles. The molecule has 0 heterocycles. The van der Waals surface area contributed by atoms with Crippen molar-refractivity contribution in [1.29, 1.82) is 0 Å². The monoisotopic (exact) mass is 289 g/mol. The van der Waals surface area contributed by atoms with Crippen LogP contribution in [-0.2, 0) is 11.2 Å². The highest BCUT2D eigenvalue weighted by atomic mass is 35.5. The third kappa shape index (κ3) is 4.08. The molecule has 1 amide bonds. The molecule has 0 bridgehead atoms. The topological polar surface area (TPSA) is 49.3 Å². The predicted octanol–water partition coefficient (Wildman–Crippen LogP) is 3.57. The summed E-state index contributed by atoms with van der Waals surface area (Å²) in [6, 6.07) is 14.3. The fourth-order valence-corrected chi connectivity index (χ4v) is 1.96. The second kappa shape index (κ2) is 6.55. The number of rotatable bonds is 4. The number of nitrogens with one attached hydrogen (secondary N) is 1. The molecule has 3 nitrogen and oxygen atoms in total. The minimum absolute atomic E-state index is 0.0860. The second-order valence-corrected chi connectivity index (χ2v) is 5.09. The van der Waals surface area contributed by atoms with Crippen molar-refractivity contribution in [3.63, 3.8) is 0 Å². The maximum Gasteiger partial charge on any atom is 0.228 e. The molecule has 2 rings (SSSR count). The molecule has 1 atom stereocenters. The summed E-state index contributed by atoms with van der Waals surface area (Å²) in [6.45, 7) is 1.70. The van der Waals surface area contributed by atoms with Crippen molar-refractivity contribution in [2.75, 3.05) is 5.32 Å². The Hall–Kier alpha value is -1.84. The van der Waals surface area contributed by atoms with E-state index in [1.165, 1.54) is 0 Å². The van der Waals surface area contributed by atoms with Gasteiger partial charge in [-0.05, 0) is 42.3 Å². The quantitative estimate of drug-likeness (QED) is 0.904. The van der Waals surface area contributed by atoms with Gasteiger partial charge < -0.3 is 10.4 Å². The largest absolute Gasteiger partial charge is 0.389 e. The first kappa shape index (κ1) is 14.6. The number of anilines is 1. The number of carbonyl (C=O) groups is 1. The van der Waals surface area contributed by atoms with Gasteiger partial charge in [0.25, 0.3) is 0 Å². The Balaban J connectivity index is 1.95. The van der Waals surface area contributed by atoms with E-state index in [1.807, 2.05) is 12.1 Å². The van der Waals surface area contributed by atoms with Crippen molar-refractivity contribution in [2.24, 2.45) is 0 Å².